The van der Waals surface area contributed by atoms with E-state index in [1.54, 1.807) is 0 Å². The first kappa shape index (κ1) is 15.8. The van der Waals surface area contributed by atoms with E-state index in [1.165, 1.54) is 28.8 Å². The summed E-state index contributed by atoms with van der Waals surface area (Å²) in [5, 5.41) is 8.10. The molecule has 114 valence electrons. The molecule has 0 aliphatic carbocycles. The lowest BCUT2D eigenvalue weighted by atomic mass is 10.0. The van der Waals surface area contributed by atoms with E-state index >= 15 is 0 Å². The minimum absolute atomic E-state index is 0.946. The van der Waals surface area contributed by atoms with E-state index < -0.39 is 0 Å². The second kappa shape index (κ2) is 7.41. The Morgan fingerprint density at radius 3 is 2.38 bits per heavy atom. The van der Waals surface area contributed by atoms with Gasteiger partial charge in [0.25, 0.3) is 0 Å². The van der Waals surface area contributed by atoms with Gasteiger partial charge in [-0.1, -0.05) is 38.1 Å². The zero-order chi connectivity index (χ0) is 15.2. The van der Waals surface area contributed by atoms with Crippen molar-refractivity contribution in [3.8, 4) is 11.1 Å². The van der Waals surface area contributed by atoms with Gasteiger partial charge < -0.3 is 5.32 Å². The highest BCUT2D eigenvalue weighted by atomic mass is 15.3. The highest BCUT2D eigenvalue weighted by Crippen LogP contribution is 2.27. The fraction of sp³-hybridized carbons (Fsp3) is 0.500. The van der Waals surface area contributed by atoms with E-state index in [9.17, 15) is 0 Å². The van der Waals surface area contributed by atoms with Crippen molar-refractivity contribution in [3.05, 3.63) is 41.2 Å². The average Bonchev–Trinajstić information content (AvgIpc) is 2.75. The van der Waals surface area contributed by atoms with Crippen molar-refractivity contribution >= 4 is 0 Å². The Kier molecular flexibility index (Phi) is 5.57. The first-order valence-electron chi connectivity index (χ1n) is 8.01. The molecule has 2 aromatic rings. The molecule has 3 nitrogen and oxygen atoms in total. The fourth-order valence-electron chi connectivity index (χ4n) is 2.74. The number of hydrogen-bond donors (Lipinski definition) is 1. The van der Waals surface area contributed by atoms with Crippen LogP contribution in [0.1, 0.15) is 43.6 Å². The molecule has 0 unspecified atom stereocenters. The van der Waals surface area contributed by atoms with E-state index in [-0.39, 0.29) is 0 Å². The van der Waals surface area contributed by atoms with Crippen LogP contribution in [0.4, 0.5) is 0 Å². The number of nitrogens with one attached hydrogen (secondary N) is 1. The van der Waals surface area contributed by atoms with E-state index in [0.29, 0.717) is 0 Å². The quantitative estimate of drug-likeness (QED) is 0.777. The molecule has 1 heterocycles. The molecule has 0 bridgehead atoms. The maximum Gasteiger partial charge on any atom is 0.0674 e. The lowest BCUT2D eigenvalue weighted by molar-refractivity contribution is 0.583. The zero-order valence-electron chi connectivity index (χ0n) is 13.7. The molecule has 0 aliphatic heterocycles. The van der Waals surface area contributed by atoms with E-state index in [4.69, 9.17) is 0 Å². The lowest BCUT2D eigenvalue weighted by Gasteiger charge is -2.07. The number of benzene rings is 1. The summed E-state index contributed by atoms with van der Waals surface area (Å²) in [7, 11) is 0. The van der Waals surface area contributed by atoms with Crippen LogP contribution < -0.4 is 5.32 Å². The van der Waals surface area contributed by atoms with Crippen LogP contribution in [0.5, 0.6) is 0 Å². The molecule has 21 heavy (non-hydrogen) atoms. The Bertz CT molecular complexity index is 567. The smallest absolute Gasteiger partial charge is 0.0674 e. The van der Waals surface area contributed by atoms with Gasteiger partial charge in [-0.3, -0.25) is 4.68 Å². The van der Waals surface area contributed by atoms with Crippen molar-refractivity contribution in [2.75, 3.05) is 6.54 Å². The van der Waals surface area contributed by atoms with Gasteiger partial charge in [0, 0.05) is 24.3 Å². The highest BCUT2D eigenvalue weighted by Gasteiger charge is 2.12. The predicted octanol–water partition coefficient (Wildman–Crippen LogP) is 4.08. The predicted molar refractivity (Wildman–Crippen MR) is 89.4 cm³/mol. The molecule has 2 rings (SSSR count). The molecule has 0 spiro atoms. The molecule has 3 heteroatoms. The Morgan fingerprint density at radius 1 is 1.05 bits per heavy atom. The van der Waals surface area contributed by atoms with Crippen LogP contribution in [0.25, 0.3) is 11.1 Å². The van der Waals surface area contributed by atoms with Crippen LogP contribution in [0, 0.1) is 13.8 Å². The number of hydrogen-bond acceptors (Lipinski definition) is 2. The molecule has 0 fully saturated rings. The minimum Gasteiger partial charge on any atom is -0.313 e. The summed E-state index contributed by atoms with van der Waals surface area (Å²) in [6.45, 7) is 11.7. The van der Waals surface area contributed by atoms with Gasteiger partial charge in [-0.2, -0.15) is 5.10 Å². The van der Waals surface area contributed by atoms with Crippen molar-refractivity contribution in [2.45, 2.75) is 53.6 Å². The van der Waals surface area contributed by atoms with Crippen LogP contribution in [0.2, 0.25) is 0 Å². The number of rotatable bonds is 7. The maximum atomic E-state index is 4.66. The van der Waals surface area contributed by atoms with Crippen molar-refractivity contribution < 1.29 is 0 Å². The monoisotopic (exact) mass is 285 g/mol. The highest BCUT2D eigenvalue weighted by molar-refractivity contribution is 5.68. The van der Waals surface area contributed by atoms with Gasteiger partial charge in [0.1, 0.15) is 0 Å². The van der Waals surface area contributed by atoms with E-state index in [1.807, 2.05) is 0 Å². The number of nitrogens with zero attached hydrogens (tertiary/aromatic N) is 2. The van der Waals surface area contributed by atoms with Crippen molar-refractivity contribution in [3.63, 3.8) is 0 Å². The first-order chi connectivity index (χ1) is 10.2. The summed E-state index contributed by atoms with van der Waals surface area (Å²) in [5.41, 5.74) is 6.29. The molecule has 0 radical (unpaired) electrons. The first-order valence-corrected chi connectivity index (χ1v) is 8.01. The van der Waals surface area contributed by atoms with Gasteiger partial charge in [0.15, 0.2) is 0 Å². The summed E-state index contributed by atoms with van der Waals surface area (Å²) >= 11 is 0. The second-order valence-electron chi connectivity index (χ2n) is 5.64. The number of aryl methyl sites for hydroxylation is 2. The van der Waals surface area contributed by atoms with Crippen LogP contribution in [-0.4, -0.2) is 16.3 Å². The van der Waals surface area contributed by atoms with Crippen molar-refractivity contribution in [1.29, 1.82) is 0 Å². The van der Waals surface area contributed by atoms with Gasteiger partial charge in [0.2, 0.25) is 0 Å². The second-order valence-corrected chi connectivity index (χ2v) is 5.64. The summed E-state index contributed by atoms with van der Waals surface area (Å²) in [6.07, 6.45) is 2.29. The maximum absolute atomic E-state index is 4.66. The standard InChI is InChI=1S/C18H27N3/c1-5-11-19-13-16-7-9-17(10-8-16)18-14(3)20-21(12-6-2)15(18)4/h7-10,19H,5-6,11-13H2,1-4H3. The van der Waals surface area contributed by atoms with Crippen LogP contribution in [0.15, 0.2) is 24.3 Å². The van der Waals surface area contributed by atoms with Gasteiger partial charge in [-0.15, -0.1) is 0 Å². The molecule has 1 N–H and O–H groups in total. The van der Waals surface area contributed by atoms with Crippen molar-refractivity contribution in [1.82, 2.24) is 15.1 Å². The van der Waals surface area contributed by atoms with E-state index in [0.717, 1.165) is 31.7 Å². The molecular formula is C18H27N3. The molecule has 0 saturated carbocycles. The summed E-state index contributed by atoms with van der Waals surface area (Å²) in [4.78, 5) is 0. The fourth-order valence-corrected chi connectivity index (χ4v) is 2.74. The number of aromatic nitrogens is 2. The Hall–Kier alpha value is -1.61. The molecule has 0 aliphatic rings. The van der Waals surface area contributed by atoms with Gasteiger partial charge >= 0.3 is 0 Å². The summed E-state index contributed by atoms with van der Waals surface area (Å²) in [5.74, 6) is 0. The topological polar surface area (TPSA) is 29.9 Å². The van der Waals surface area contributed by atoms with E-state index in [2.05, 4.69) is 67.1 Å². The van der Waals surface area contributed by atoms with Crippen LogP contribution in [-0.2, 0) is 13.1 Å². The third-order valence-corrected chi connectivity index (χ3v) is 3.82. The SMILES string of the molecule is CCCNCc1ccc(-c2c(C)nn(CCC)c2C)cc1. The molecule has 1 aromatic carbocycles. The van der Waals surface area contributed by atoms with Crippen LogP contribution in [0.3, 0.4) is 0 Å². The third-order valence-electron chi connectivity index (χ3n) is 3.82. The summed E-state index contributed by atoms with van der Waals surface area (Å²) in [6, 6.07) is 8.87. The molecule has 0 saturated heterocycles. The van der Waals surface area contributed by atoms with Gasteiger partial charge in [-0.25, -0.2) is 0 Å². The Labute approximate surface area is 128 Å². The molecule has 1 aromatic heterocycles. The Morgan fingerprint density at radius 2 is 1.76 bits per heavy atom. The molecule has 0 amide bonds. The lowest BCUT2D eigenvalue weighted by Crippen LogP contribution is -2.13. The largest absolute Gasteiger partial charge is 0.313 e. The normalized spacial score (nSPS) is 11.0. The minimum atomic E-state index is 0.946. The Balaban J connectivity index is 2.18. The summed E-state index contributed by atoms with van der Waals surface area (Å²) < 4.78 is 2.13. The van der Waals surface area contributed by atoms with Gasteiger partial charge in [0.05, 0.1) is 5.69 Å². The molecule has 0 atom stereocenters. The zero-order valence-corrected chi connectivity index (χ0v) is 13.7. The average molecular weight is 285 g/mol. The van der Waals surface area contributed by atoms with Gasteiger partial charge in [-0.05, 0) is 44.4 Å². The molecular weight excluding hydrogens is 258 g/mol. The van der Waals surface area contributed by atoms with Crippen LogP contribution >= 0.6 is 0 Å². The van der Waals surface area contributed by atoms with Crippen molar-refractivity contribution in [2.24, 2.45) is 0 Å². The third kappa shape index (κ3) is 3.73.